The van der Waals surface area contributed by atoms with Crippen LogP contribution in [0.3, 0.4) is 0 Å². The van der Waals surface area contributed by atoms with Gasteiger partial charge in [-0.25, -0.2) is 9.67 Å². The van der Waals surface area contributed by atoms with Crippen LogP contribution >= 0.6 is 11.3 Å². The first-order valence-electron chi connectivity index (χ1n) is 11.0. The molecule has 1 atom stereocenters. The molecule has 4 heterocycles. The summed E-state index contributed by atoms with van der Waals surface area (Å²) in [6, 6.07) is 6.45. The summed E-state index contributed by atoms with van der Waals surface area (Å²) in [7, 11) is 0. The fourth-order valence-corrected chi connectivity index (χ4v) is 4.82. The number of aromatic nitrogens is 3. The van der Waals surface area contributed by atoms with E-state index >= 15 is 0 Å². The number of hydrogen-bond acceptors (Lipinski definition) is 6. The molecule has 8 heteroatoms. The molecule has 0 unspecified atom stereocenters. The molecule has 7 nitrogen and oxygen atoms in total. The molecule has 31 heavy (non-hydrogen) atoms. The second-order valence-electron chi connectivity index (χ2n) is 8.56. The molecule has 1 fully saturated rings. The summed E-state index contributed by atoms with van der Waals surface area (Å²) in [5.41, 5.74) is 2.32. The van der Waals surface area contributed by atoms with E-state index in [-0.39, 0.29) is 23.9 Å². The highest BCUT2D eigenvalue weighted by Gasteiger charge is 2.25. The van der Waals surface area contributed by atoms with Crippen molar-refractivity contribution in [2.24, 2.45) is 0 Å². The molecule has 1 amide bonds. The Bertz CT molecular complexity index is 1020. The predicted octanol–water partition coefficient (Wildman–Crippen LogP) is 4.00. The van der Waals surface area contributed by atoms with E-state index in [0.29, 0.717) is 12.1 Å². The van der Waals surface area contributed by atoms with Gasteiger partial charge in [0.1, 0.15) is 0 Å². The summed E-state index contributed by atoms with van der Waals surface area (Å²) in [5, 5.41) is 10.6. The molecule has 1 aliphatic rings. The first-order valence-corrected chi connectivity index (χ1v) is 11.8. The Kier molecular flexibility index (Phi) is 6.69. The topological polar surface area (TPSA) is 72.3 Å². The van der Waals surface area contributed by atoms with E-state index in [1.165, 1.54) is 4.88 Å². The first-order chi connectivity index (χ1) is 15.0. The van der Waals surface area contributed by atoms with E-state index < -0.39 is 0 Å². The van der Waals surface area contributed by atoms with Gasteiger partial charge >= 0.3 is 0 Å². The van der Waals surface area contributed by atoms with Gasteiger partial charge in [-0.1, -0.05) is 19.9 Å². The second kappa shape index (κ2) is 9.46. The molecule has 1 aliphatic heterocycles. The van der Waals surface area contributed by atoms with Gasteiger partial charge in [-0.15, -0.1) is 11.3 Å². The SMILES string of the molecule is CC(C)c1cc(C(=O)NC[C@H](c2cccs2)N2CCOCC2)c2cnn(C(C)C)c2n1. The zero-order chi connectivity index (χ0) is 22.0. The standard InChI is InChI=1S/C23H31N5O2S/c1-15(2)19-12-17(18-13-25-28(16(3)4)22(18)26-19)23(29)24-14-20(21-6-5-11-31-21)27-7-9-30-10-8-27/h5-6,11-13,15-16,20H,7-10,14H2,1-4H3,(H,24,29)/t20-/m1/s1. The average molecular weight is 442 g/mol. The molecule has 1 saturated heterocycles. The number of carbonyl (C=O) groups is 1. The monoisotopic (exact) mass is 441 g/mol. The molecular formula is C23H31N5O2S. The molecule has 1 N–H and O–H groups in total. The van der Waals surface area contributed by atoms with E-state index in [4.69, 9.17) is 9.72 Å². The summed E-state index contributed by atoms with van der Waals surface area (Å²) in [5.74, 6) is 0.145. The van der Waals surface area contributed by atoms with Crippen molar-refractivity contribution in [1.82, 2.24) is 25.0 Å². The van der Waals surface area contributed by atoms with Crippen LogP contribution in [0.25, 0.3) is 11.0 Å². The second-order valence-corrected chi connectivity index (χ2v) is 9.54. The maximum Gasteiger partial charge on any atom is 0.252 e. The molecular weight excluding hydrogens is 410 g/mol. The van der Waals surface area contributed by atoms with Crippen molar-refractivity contribution in [2.45, 2.75) is 45.7 Å². The smallest absolute Gasteiger partial charge is 0.252 e. The number of amides is 1. The van der Waals surface area contributed by atoms with Gasteiger partial charge in [0.2, 0.25) is 0 Å². The van der Waals surface area contributed by atoms with Crippen LogP contribution in [0.4, 0.5) is 0 Å². The van der Waals surface area contributed by atoms with Crippen LogP contribution in [0.5, 0.6) is 0 Å². The molecule has 0 saturated carbocycles. The number of rotatable bonds is 7. The van der Waals surface area contributed by atoms with Crippen LogP contribution in [0.2, 0.25) is 0 Å². The van der Waals surface area contributed by atoms with Crippen LogP contribution in [0.15, 0.2) is 29.8 Å². The lowest BCUT2D eigenvalue weighted by Gasteiger charge is -2.34. The van der Waals surface area contributed by atoms with E-state index in [0.717, 1.165) is 43.0 Å². The number of carbonyl (C=O) groups excluding carboxylic acids is 1. The number of pyridine rings is 1. The van der Waals surface area contributed by atoms with Crippen LogP contribution in [-0.4, -0.2) is 58.4 Å². The van der Waals surface area contributed by atoms with Gasteiger partial charge in [-0.3, -0.25) is 9.69 Å². The number of nitrogens with one attached hydrogen (secondary N) is 1. The fourth-order valence-electron chi connectivity index (χ4n) is 3.96. The molecule has 166 valence electrons. The largest absolute Gasteiger partial charge is 0.379 e. The van der Waals surface area contributed by atoms with E-state index in [2.05, 4.69) is 60.5 Å². The number of hydrogen-bond donors (Lipinski definition) is 1. The van der Waals surface area contributed by atoms with Gasteiger partial charge in [-0.2, -0.15) is 5.10 Å². The van der Waals surface area contributed by atoms with E-state index in [1.54, 1.807) is 17.5 Å². The van der Waals surface area contributed by atoms with Crippen molar-refractivity contribution in [3.63, 3.8) is 0 Å². The zero-order valence-corrected chi connectivity index (χ0v) is 19.5. The summed E-state index contributed by atoms with van der Waals surface area (Å²) >= 11 is 1.73. The van der Waals surface area contributed by atoms with Gasteiger partial charge in [0.15, 0.2) is 5.65 Å². The maximum absolute atomic E-state index is 13.4. The number of thiophene rings is 1. The highest BCUT2D eigenvalue weighted by atomic mass is 32.1. The highest BCUT2D eigenvalue weighted by Crippen LogP contribution is 2.27. The van der Waals surface area contributed by atoms with Gasteiger partial charge < -0.3 is 10.1 Å². The van der Waals surface area contributed by atoms with E-state index in [9.17, 15) is 4.79 Å². The molecule has 0 aliphatic carbocycles. The molecule has 0 aromatic carbocycles. The van der Waals surface area contributed by atoms with Crippen molar-refractivity contribution in [3.8, 4) is 0 Å². The molecule has 3 aromatic rings. The van der Waals surface area contributed by atoms with Crippen molar-refractivity contribution in [2.75, 3.05) is 32.8 Å². The Labute approximate surface area is 187 Å². The van der Waals surface area contributed by atoms with Crippen molar-refractivity contribution >= 4 is 28.3 Å². The van der Waals surface area contributed by atoms with E-state index in [1.807, 2.05) is 10.7 Å². The van der Waals surface area contributed by atoms with Gasteiger partial charge in [0, 0.05) is 36.2 Å². The minimum absolute atomic E-state index is 0.0765. The van der Waals surface area contributed by atoms with Crippen molar-refractivity contribution in [3.05, 3.63) is 45.9 Å². The van der Waals surface area contributed by atoms with Crippen LogP contribution in [0.1, 0.15) is 66.6 Å². The lowest BCUT2D eigenvalue weighted by molar-refractivity contribution is 0.0169. The van der Waals surface area contributed by atoms with Crippen molar-refractivity contribution in [1.29, 1.82) is 0 Å². The molecule has 0 bridgehead atoms. The fraction of sp³-hybridized carbons (Fsp3) is 0.522. The summed E-state index contributed by atoms with van der Waals surface area (Å²) in [6.07, 6.45) is 1.76. The number of morpholine rings is 1. The van der Waals surface area contributed by atoms with Crippen LogP contribution in [0, 0.1) is 0 Å². The summed E-state index contributed by atoms with van der Waals surface area (Å²) in [6.45, 7) is 12.1. The van der Waals surface area contributed by atoms with Crippen molar-refractivity contribution < 1.29 is 9.53 Å². The van der Waals surface area contributed by atoms with Gasteiger partial charge in [0.05, 0.1) is 36.4 Å². The molecule has 4 rings (SSSR count). The third-order valence-electron chi connectivity index (χ3n) is 5.73. The Morgan fingerprint density at radius 1 is 1.26 bits per heavy atom. The van der Waals surface area contributed by atoms with Gasteiger partial charge in [0.25, 0.3) is 5.91 Å². The molecule has 0 radical (unpaired) electrons. The van der Waals surface area contributed by atoms with Gasteiger partial charge in [-0.05, 0) is 37.3 Å². The lowest BCUT2D eigenvalue weighted by atomic mass is 10.0. The zero-order valence-electron chi connectivity index (χ0n) is 18.7. The Morgan fingerprint density at radius 3 is 2.68 bits per heavy atom. The first kappa shape index (κ1) is 21.9. The van der Waals surface area contributed by atoms with Crippen LogP contribution in [-0.2, 0) is 4.74 Å². The minimum Gasteiger partial charge on any atom is -0.379 e. The van der Waals surface area contributed by atoms with Crippen LogP contribution < -0.4 is 5.32 Å². The normalized spacial score (nSPS) is 16.3. The summed E-state index contributed by atoms with van der Waals surface area (Å²) < 4.78 is 7.41. The lowest BCUT2D eigenvalue weighted by Crippen LogP contribution is -2.43. The predicted molar refractivity (Wildman–Crippen MR) is 124 cm³/mol. The number of fused-ring (bicyclic) bond motifs is 1. The highest BCUT2D eigenvalue weighted by molar-refractivity contribution is 7.10. The quantitative estimate of drug-likeness (QED) is 0.600. The average Bonchev–Trinajstić information content (AvgIpc) is 3.44. The maximum atomic E-state index is 13.4. The third kappa shape index (κ3) is 4.66. The number of ether oxygens (including phenoxy) is 1. The minimum atomic E-state index is -0.0765. The number of nitrogens with zero attached hydrogens (tertiary/aromatic N) is 4. The Balaban J connectivity index is 1.61. The molecule has 3 aromatic heterocycles. The third-order valence-corrected chi connectivity index (χ3v) is 6.70. The summed E-state index contributed by atoms with van der Waals surface area (Å²) in [4.78, 5) is 21.8. The Morgan fingerprint density at radius 2 is 2.03 bits per heavy atom. The molecule has 0 spiro atoms. The Hall–Kier alpha value is -2.29.